The van der Waals surface area contributed by atoms with Crippen LogP contribution in [0.25, 0.3) is 0 Å². The maximum absolute atomic E-state index is 2.40. The van der Waals surface area contributed by atoms with Crippen LogP contribution in [0.4, 0.5) is 11.4 Å². The number of likely N-dealkylation sites (N-methyl/N-ethyl adjacent to an activating group) is 1. The smallest absolute Gasteiger partial charge is 0.0411 e. The van der Waals surface area contributed by atoms with Crippen LogP contribution in [0.15, 0.2) is 60.7 Å². The highest BCUT2D eigenvalue weighted by atomic mass is 32.2. The molecule has 2 nitrogen and oxygen atoms in total. The van der Waals surface area contributed by atoms with Crippen LogP contribution in [0.2, 0.25) is 0 Å². The van der Waals surface area contributed by atoms with Crippen LogP contribution in [0, 0.1) is 0 Å². The lowest BCUT2D eigenvalue weighted by Crippen LogP contribution is -2.31. The molecule has 0 N–H and O–H groups in total. The quantitative estimate of drug-likeness (QED) is 0.724. The van der Waals surface area contributed by atoms with Crippen molar-refractivity contribution in [3.63, 3.8) is 0 Å². The molecule has 0 heterocycles. The lowest BCUT2D eigenvalue weighted by atomic mass is 10.2. The zero-order chi connectivity index (χ0) is 14.9. The van der Waals surface area contributed by atoms with Crippen LogP contribution < -0.4 is 4.90 Å². The number of nitrogens with zero attached hydrogens (tertiary/aromatic N) is 2. The number of anilines is 2. The van der Waals surface area contributed by atoms with Gasteiger partial charge in [0.05, 0.1) is 0 Å². The highest BCUT2D eigenvalue weighted by Crippen LogP contribution is 2.24. The van der Waals surface area contributed by atoms with E-state index in [0.717, 1.165) is 19.6 Å². The first-order valence-corrected chi connectivity index (χ1v) is 8.76. The molecule has 0 saturated carbocycles. The van der Waals surface area contributed by atoms with Gasteiger partial charge in [0.25, 0.3) is 0 Å². The Hall–Kier alpha value is -1.45. The zero-order valence-electron chi connectivity index (χ0n) is 12.9. The largest absolute Gasteiger partial charge is 0.340 e. The van der Waals surface area contributed by atoms with Crippen LogP contribution in [-0.4, -0.2) is 43.6 Å². The van der Waals surface area contributed by atoms with Crippen molar-refractivity contribution in [2.24, 2.45) is 0 Å². The Kier molecular flexibility index (Phi) is 6.64. The van der Waals surface area contributed by atoms with E-state index in [0.29, 0.717) is 0 Å². The van der Waals surface area contributed by atoms with Gasteiger partial charge in [-0.15, -0.1) is 0 Å². The van der Waals surface area contributed by atoms with Gasteiger partial charge in [0, 0.05) is 36.8 Å². The summed E-state index contributed by atoms with van der Waals surface area (Å²) in [6.07, 6.45) is 2.16. The fourth-order valence-corrected chi connectivity index (χ4v) is 2.75. The van der Waals surface area contributed by atoms with Gasteiger partial charge in [-0.05, 0) is 37.6 Å². The van der Waals surface area contributed by atoms with Crippen molar-refractivity contribution >= 4 is 23.1 Å². The molecule has 0 aromatic heterocycles. The Morgan fingerprint density at radius 2 is 1.29 bits per heavy atom. The maximum Gasteiger partial charge on any atom is 0.0411 e. The number of hydrogen-bond donors (Lipinski definition) is 0. The molecule has 0 aliphatic carbocycles. The van der Waals surface area contributed by atoms with E-state index in [-0.39, 0.29) is 0 Å². The summed E-state index contributed by atoms with van der Waals surface area (Å²) < 4.78 is 0. The third-order valence-corrected chi connectivity index (χ3v) is 4.11. The van der Waals surface area contributed by atoms with Crippen molar-refractivity contribution in [1.29, 1.82) is 0 Å². The van der Waals surface area contributed by atoms with E-state index in [9.17, 15) is 0 Å². The van der Waals surface area contributed by atoms with Crippen LogP contribution in [0.1, 0.15) is 0 Å². The van der Waals surface area contributed by atoms with Gasteiger partial charge in [-0.2, -0.15) is 11.8 Å². The van der Waals surface area contributed by atoms with Crippen LogP contribution in [0.5, 0.6) is 0 Å². The molecule has 2 rings (SSSR count). The van der Waals surface area contributed by atoms with Crippen molar-refractivity contribution in [3.05, 3.63) is 60.7 Å². The van der Waals surface area contributed by atoms with Crippen LogP contribution in [-0.2, 0) is 0 Å². The summed E-state index contributed by atoms with van der Waals surface area (Å²) in [6, 6.07) is 21.2. The standard InChI is InChI=1S/C18H24N2S/c1-19(15-16-21-2)13-14-20(17-9-5-3-6-10-17)18-11-7-4-8-12-18/h3-12H,13-16H2,1-2H3. The van der Waals surface area contributed by atoms with Crippen LogP contribution in [0.3, 0.4) is 0 Å². The predicted molar refractivity (Wildman–Crippen MR) is 95.8 cm³/mol. The maximum atomic E-state index is 2.40. The molecule has 0 aliphatic heterocycles. The Morgan fingerprint density at radius 3 is 1.76 bits per heavy atom. The van der Waals surface area contributed by atoms with Gasteiger partial charge in [0.15, 0.2) is 0 Å². The van der Waals surface area contributed by atoms with E-state index < -0.39 is 0 Å². The highest BCUT2D eigenvalue weighted by molar-refractivity contribution is 7.98. The fraction of sp³-hybridized carbons (Fsp3) is 0.333. The van der Waals surface area contributed by atoms with Gasteiger partial charge in [0.2, 0.25) is 0 Å². The Labute approximate surface area is 132 Å². The van der Waals surface area contributed by atoms with Gasteiger partial charge in [-0.3, -0.25) is 0 Å². The number of thioether (sulfide) groups is 1. The van der Waals surface area contributed by atoms with Gasteiger partial charge >= 0.3 is 0 Å². The van der Waals surface area contributed by atoms with Crippen LogP contribution >= 0.6 is 11.8 Å². The summed E-state index contributed by atoms with van der Waals surface area (Å²) in [5.74, 6) is 1.19. The average Bonchev–Trinajstić information content (AvgIpc) is 2.55. The van der Waals surface area contributed by atoms with E-state index in [2.05, 4.69) is 83.8 Å². The third-order valence-electron chi connectivity index (χ3n) is 3.52. The summed E-state index contributed by atoms with van der Waals surface area (Å²) in [5.41, 5.74) is 2.50. The molecule has 0 aliphatic rings. The number of benzene rings is 2. The Bertz CT molecular complexity index is 462. The summed E-state index contributed by atoms with van der Waals surface area (Å²) in [5, 5.41) is 0. The second-order valence-corrected chi connectivity index (χ2v) is 6.10. The summed E-state index contributed by atoms with van der Waals surface area (Å²) >= 11 is 1.90. The molecule has 0 atom stereocenters. The van der Waals surface area contributed by atoms with Crippen molar-refractivity contribution < 1.29 is 0 Å². The van der Waals surface area contributed by atoms with Crippen molar-refractivity contribution in [2.75, 3.05) is 43.6 Å². The summed E-state index contributed by atoms with van der Waals surface area (Å²) in [4.78, 5) is 4.78. The normalized spacial score (nSPS) is 10.8. The molecule has 0 fully saturated rings. The minimum Gasteiger partial charge on any atom is -0.340 e. The minimum absolute atomic E-state index is 0.999. The molecule has 2 aromatic rings. The van der Waals surface area contributed by atoms with E-state index in [1.54, 1.807) is 0 Å². The van der Waals surface area contributed by atoms with E-state index in [4.69, 9.17) is 0 Å². The lowest BCUT2D eigenvalue weighted by Gasteiger charge is -2.27. The first-order chi connectivity index (χ1) is 10.3. The predicted octanol–water partition coefficient (Wildman–Crippen LogP) is 4.12. The van der Waals surface area contributed by atoms with E-state index in [1.807, 2.05) is 11.8 Å². The second-order valence-electron chi connectivity index (χ2n) is 5.12. The van der Waals surface area contributed by atoms with Gasteiger partial charge in [0.1, 0.15) is 0 Å². The fourth-order valence-electron chi connectivity index (χ4n) is 2.25. The number of hydrogen-bond acceptors (Lipinski definition) is 3. The molecule has 21 heavy (non-hydrogen) atoms. The topological polar surface area (TPSA) is 6.48 Å². The first kappa shape index (κ1) is 15.9. The monoisotopic (exact) mass is 300 g/mol. The highest BCUT2D eigenvalue weighted by Gasteiger charge is 2.09. The molecule has 0 amide bonds. The number of para-hydroxylation sites is 2. The average molecular weight is 300 g/mol. The second kappa shape index (κ2) is 8.75. The van der Waals surface area contributed by atoms with Crippen molar-refractivity contribution in [1.82, 2.24) is 4.90 Å². The number of rotatable bonds is 8. The van der Waals surface area contributed by atoms with Crippen molar-refractivity contribution in [2.45, 2.75) is 0 Å². The molecular weight excluding hydrogens is 276 g/mol. The Morgan fingerprint density at radius 1 is 0.762 bits per heavy atom. The molecule has 0 saturated heterocycles. The first-order valence-electron chi connectivity index (χ1n) is 7.36. The molecule has 0 radical (unpaired) electrons. The SMILES string of the molecule is CSCCN(C)CCN(c1ccccc1)c1ccccc1. The third kappa shape index (κ3) is 5.10. The molecule has 2 aromatic carbocycles. The summed E-state index contributed by atoms with van der Waals surface area (Å²) in [6.45, 7) is 3.20. The summed E-state index contributed by atoms with van der Waals surface area (Å²) in [7, 11) is 2.20. The van der Waals surface area contributed by atoms with Gasteiger partial charge in [-0.25, -0.2) is 0 Å². The van der Waals surface area contributed by atoms with E-state index in [1.165, 1.54) is 17.1 Å². The lowest BCUT2D eigenvalue weighted by molar-refractivity contribution is 0.365. The Balaban J connectivity index is 2.07. The van der Waals surface area contributed by atoms with Gasteiger partial charge < -0.3 is 9.80 Å². The zero-order valence-corrected chi connectivity index (χ0v) is 13.7. The molecule has 0 spiro atoms. The van der Waals surface area contributed by atoms with Gasteiger partial charge in [-0.1, -0.05) is 36.4 Å². The molecule has 3 heteroatoms. The molecule has 112 valence electrons. The van der Waals surface area contributed by atoms with E-state index >= 15 is 0 Å². The molecule has 0 unspecified atom stereocenters. The molecule has 0 bridgehead atoms. The molecular formula is C18H24N2S. The minimum atomic E-state index is 0.999. The van der Waals surface area contributed by atoms with Crippen molar-refractivity contribution in [3.8, 4) is 0 Å².